The van der Waals surface area contributed by atoms with Crippen LogP contribution in [-0.2, 0) is 9.84 Å². The summed E-state index contributed by atoms with van der Waals surface area (Å²) >= 11 is 0. The van der Waals surface area contributed by atoms with Gasteiger partial charge in [0.2, 0.25) is 0 Å². The molecule has 1 aromatic carbocycles. The molecular weight excluding hydrogens is 200 g/mol. The van der Waals surface area contributed by atoms with Crippen molar-refractivity contribution in [3.63, 3.8) is 0 Å². The van der Waals surface area contributed by atoms with Crippen molar-refractivity contribution in [2.75, 3.05) is 6.26 Å². The number of hydrogen-bond acceptors (Lipinski definition) is 3. The van der Waals surface area contributed by atoms with E-state index < -0.39 is 15.9 Å². The summed E-state index contributed by atoms with van der Waals surface area (Å²) in [5, 5.41) is 9.43. The first-order chi connectivity index (χ1) is 6.32. The summed E-state index contributed by atoms with van der Waals surface area (Å²) in [6.07, 6.45) is 0.378. The van der Waals surface area contributed by atoms with E-state index in [1.807, 2.05) is 6.92 Å². The smallest absolute Gasteiger partial charge is 0.175 e. The summed E-state index contributed by atoms with van der Waals surface area (Å²) in [5.74, 6) is 0. The van der Waals surface area contributed by atoms with Crippen LogP contribution >= 0.6 is 0 Å². The first-order valence-electron chi connectivity index (χ1n) is 4.31. The van der Waals surface area contributed by atoms with E-state index in [1.54, 1.807) is 19.1 Å². The zero-order valence-corrected chi connectivity index (χ0v) is 9.30. The predicted molar refractivity (Wildman–Crippen MR) is 54.9 cm³/mol. The second-order valence-corrected chi connectivity index (χ2v) is 5.47. The molecule has 0 spiro atoms. The number of sulfone groups is 1. The normalized spacial score (nSPS) is 14.0. The molecule has 0 saturated heterocycles. The number of aliphatic hydroxyl groups is 1. The Kier molecular flexibility index (Phi) is 2.97. The standard InChI is InChI=1S/C10H14O3S/c1-7-4-5-10(14(3,12)13)9(6-7)8(2)11/h4-6,8,11H,1-3H3. The van der Waals surface area contributed by atoms with Gasteiger partial charge in [-0.15, -0.1) is 0 Å². The summed E-state index contributed by atoms with van der Waals surface area (Å²) in [7, 11) is -3.26. The first kappa shape index (κ1) is 11.2. The summed E-state index contributed by atoms with van der Waals surface area (Å²) < 4.78 is 22.7. The van der Waals surface area contributed by atoms with Crippen molar-refractivity contribution < 1.29 is 13.5 Å². The number of benzene rings is 1. The quantitative estimate of drug-likeness (QED) is 0.810. The molecular formula is C10H14O3S. The molecule has 0 saturated carbocycles. The van der Waals surface area contributed by atoms with Crippen LogP contribution in [0.5, 0.6) is 0 Å². The molecule has 4 heteroatoms. The fourth-order valence-electron chi connectivity index (χ4n) is 1.33. The van der Waals surface area contributed by atoms with E-state index in [-0.39, 0.29) is 4.90 Å². The molecule has 0 aliphatic rings. The molecule has 1 N–H and O–H groups in total. The molecule has 1 unspecified atom stereocenters. The Morgan fingerprint density at radius 2 is 1.93 bits per heavy atom. The zero-order valence-electron chi connectivity index (χ0n) is 8.48. The molecule has 0 heterocycles. The van der Waals surface area contributed by atoms with E-state index in [0.29, 0.717) is 5.56 Å². The minimum absolute atomic E-state index is 0.207. The van der Waals surface area contributed by atoms with Crippen LogP contribution in [0.25, 0.3) is 0 Å². The van der Waals surface area contributed by atoms with E-state index in [4.69, 9.17) is 0 Å². The Labute approximate surface area is 84.3 Å². The fraction of sp³-hybridized carbons (Fsp3) is 0.400. The van der Waals surface area contributed by atoms with Crippen LogP contribution in [0.2, 0.25) is 0 Å². The third-order valence-corrected chi connectivity index (χ3v) is 3.19. The zero-order chi connectivity index (χ0) is 10.9. The van der Waals surface area contributed by atoms with Gasteiger partial charge in [-0.25, -0.2) is 8.42 Å². The average Bonchev–Trinajstić information content (AvgIpc) is 2.01. The molecule has 0 aliphatic carbocycles. The fourth-order valence-corrected chi connectivity index (χ4v) is 2.30. The molecule has 3 nitrogen and oxygen atoms in total. The van der Waals surface area contributed by atoms with Gasteiger partial charge in [-0.1, -0.05) is 17.7 Å². The molecule has 0 bridgehead atoms. The molecule has 1 rings (SSSR count). The van der Waals surface area contributed by atoms with Gasteiger partial charge in [0.15, 0.2) is 9.84 Å². The number of rotatable bonds is 2. The Morgan fingerprint density at radius 1 is 1.36 bits per heavy atom. The first-order valence-corrected chi connectivity index (χ1v) is 6.20. The van der Waals surface area contributed by atoms with Gasteiger partial charge in [0.25, 0.3) is 0 Å². The van der Waals surface area contributed by atoms with Crippen molar-refractivity contribution in [2.24, 2.45) is 0 Å². The maximum absolute atomic E-state index is 11.4. The Hall–Kier alpha value is -0.870. The van der Waals surface area contributed by atoms with Gasteiger partial charge >= 0.3 is 0 Å². The van der Waals surface area contributed by atoms with Gasteiger partial charge in [0, 0.05) is 6.26 Å². The number of aliphatic hydroxyl groups excluding tert-OH is 1. The van der Waals surface area contributed by atoms with Crippen LogP contribution in [0.3, 0.4) is 0 Å². The van der Waals surface area contributed by atoms with Gasteiger partial charge in [0.1, 0.15) is 0 Å². The second kappa shape index (κ2) is 3.71. The Balaban J connectivity index is 3.45. The monoisotopic (exact) mass is 214 g/mol. The third kappa shape index (κ3) is 2.33. The number of aryl methyl sites for hydroxylation is 1. The molecule has 14 heavy (non-hydrogen) atoms. The Bertz CT molecular complexity index is 433. The number of hydrogen-bond donors (Lipinski definition) is 1. The van der Waals surface area contributed by atoms with Crippen molar-refractivity contribution in [1.82, 2.24) is 0 Å². The minimum atomic E-state index is -3.26. The van der Waals surface area contributed by atoms with E-state index in [1.165, 1.54) is 6.07 Å². The van der Waals surface area contributed by atoms with Crippen molar-refractivity contribution in [3.05, 3.63) is 29.3 Å². The van der Waals surface area contributed by atoms with Gasteiger partial charge in [0.05, 0.1) is 11.0 Å². The predicted octanol–water partition coefficient (Wildman–Crippen LogP) is 1.45. The molecule has 0 aliphatic heterocycles. The lowest BCUT2D eigenvalue weighted by Gasteiger charge is -2.11. The van der Waals surface area contributed by atoms with Crippen molar-refractivity contribution in [3.8, 4) is 0 Å². The lowest BCUT2D eigenvalue weighted by Crippen LogP contribution is -2.05. The summed E-state index contributed by atoms with van der Waals surface area (Å²) in [5.41, 5.74) is 1.40. The van der Waals surface area contributed by atoms with E-state index in [2.05, 4.69) is 0 Å². The van der Waals surface area contributed by atoms with Crippen LogP contribution < -0.4 is 0 Å². The molecule has 1 atom stereocenters. The van der Waals surface area contributed by atoms with Crippen molar-refractivity contribution in [2.45, 2.75) is 24.8 Å². The lowest BCUT2D eigenvalue weighted by molar-refractivity contribution is 0.196. The highest BCUT2D eigenvalue weighted by Crippen LogP contribution is 2.23. The molecule has 1 aromatic rings. The summed E-state index contributed by atoms with van der Waals surface area (Å²) in [4.78, 5) is 0.207. The third-order valence-electron chi connectivity index (χ3n) is 2.01. The van der Waals surface area contributed by atoms with Crippen molar-refractivity contribution >= 4 is 9.84 Å². The van der Waals surface area contributed by atoms with Gasteiger partial charge in [-0.2, -0.15) is 0 Å². The molecule has 78 valence electrons. The maximum Gasteiger partial charge on any atom is 0.175 e. The lowest BCUT2D eigenvalue weighted by atomic mass is 10.1. The van der Waals surface area contributed by atoms with Crippen LogP contribution in [0, 0.1) is 6.92 Å². The largest absolute Gasteiger partial charge is 0.389 e. The van der Waals surface area contributed by atoms with Gasteiger partial charge in [-0.3, -0.25) is 0 Å². The van der Waals surface area contributed by atoms with E-state index in [0.717, 1.165) is 11.8 Å². The summed E-state index contributed by atoms with van der Waals surface area (Å²) in [6.45, 7) is 3.42. The highest BCUT2D eigenvalue weighted by molar-refractivity contribution is 7.90. The molecule has 0 radical (unpaired) electrons. The summed E-state index contributed by atoms with van der Waals surface area (Å²) in [6, 6.07) is 4.95. The van der Waals surface area contributed by atoms with E-state index >= 15 is 0 Å². The Morgan fingerprint density at radius 3 is 2.36 bits per heavy atom. The average molecular weight is 214 g/mol. The molecule has 0 fully saturated rings. The SMILES string of the molecule is Cc1ccc(S(C)(=O)=O)c(C(C)O)c1. The highest BCUT2D eigenvalue weighted by atomic mass is 32.2. The van der Waals surface area contributed by atoms with E-state index in [9.17, 15) is 13.5 Å². The molecule has 0 aromatic heterocycles. The molecule has 0 amide bonds. The van der Waals surface area contributed by atoms with Crippen LogP contribution in [0.1, 0.15) is 24.2 Å². The van der Waals surface area contributed by atoms with Crippen LogP contribution in [0.15, 0.2) is 23.1 Å². The highest BCUT2D eigenvalue weighted by Gasteiger charge is 2.15. The topological polar surface area (TPSA) is 54.4 Å². The van der Waals surface area contributed by atoms with Crippen LogP contribution in [-0.4, -0.2) is 19.8 Å². The maximum atomic E-state index is 11.4. The van der Waals surface area contributed by atoms with Crippen LogP contribution in [0.4, 0.5) is 0 Å². The van der Waals surface area contributed by atoms with Gasteiger partial charge in [-0.05, 0) is 25.5 Å². The minimum Gasteiger partial charge on any atom is -0.389 e. The van der Waals surface area contributed by atoms with Gasteiger partial charge < -0.3 is 5.11 Å². The second-order valence-electron chi connectivity index (χ2n) is 3.49. The van der Waals surface area contributed by atoms with Crippen molar-refractivity contribution in [1.29, 1.82) is 0 Å².